The molecule has 224 valence electrons. The van der Waals surface area contributed by atoms with Gasteiger partial charge in [0.2, 0.25) is 0 Å². The van der Waals surface area contributed by atoms with Gasteiger partial charge in [0, 0.05) is 0 Å². The molecule has 0 saturated heterocycles. The Morgan fingerprint density at radius 3 is 0.595 bits per heavy atom. The number of unbranched alkanes of at least 4 members (excludes halogenated alkanes) is 29. The first-order valence-corrected chi connectivity index (χ1v) is 22.6. The first kappa shape index (κ1) is 38.4. The quantitative estimate of drug-likeness (QED) is 0.0331. The SMILES string of the molecule is SCCCCCCCCCCCCCCCCCCCCCCCCCCCCCCCC[Si](Cl)(Cl)Cl. The van der Waals surface area contributed by atoms with Crippen molar-refractivity contribution in [3.8, 4) is 0 Å². The highest BCUT2D eigenvalue weighted by Crippen LogP contribution is 2.27. The summed E-state index contributed by atoms with van der Waals surface area (Å²) in [6.45, 7) is 0. The summed E-state index contributed by atoms with van der Waals surface area (Å²) in [5, 5.41) is 0. The molecule has 0 saturated carbocycles. The van der Waals surface area contributed by atoms with Crippen LogP contribution < -0.4 is 0 Å². The van der Waals surface area contributed by atoms with Crippen LogP contribution in [-0.2, 0) is 0 Å². The zero-order valence-corrected chi connectivity index (χ0v) is 28.9. The van der Waals surface area contributed by atoms with Gasteiger partial charge in [0.1, 0.15) is 0 Å². The van der Waals surface area contributed by atoms with Gasteiger partial charge >= 0.3 is 6.00 Å². The largest absolute Gasteiger partial charge is 0.341 e. The van der Waals surface area contributed by atoms with Crippen molar-refractivity contribution in [1.82, 2.24) is 0 Å². The van der Waals surface area contributed by atoms with Crippen molar-refractivity contribution in [2.24, 2.45) is 0 Å². The fourth-order valence-electron chi connectivity index (χ4n) is 5.39. The second-order valence-electron chi connectivity index (χ2n) is 11.7. The van der Waals surface area contributed by atoms with E-state index in [1.807, 2.05) is 0 Å². The Bertz CT molecular complexity index is 417. The van der Waals surface area contributed by atoms with Crippen molar-refractivity contribution in [1.29, 1.82) is 0 Å². The molecule has 37 heavy (non-hydrogen) atoms. The van der Waals surface area contributed by atoms with E-state index in [4.69, 9.17) is 33.2 Å². The van der Waals surface area contributed by atoms with E-state index in [0.717, 1.165) is 18.2 Å². The van der Waals surface area contributed by atoms with Gasteiger partial charge in [-0.05, 0) is 18.2 Å². The Balaban J connectivity index is 3.04. The molecule has 0 aliphatic carbocycles. The third-order valence-corrected chi connectivity index (χ3v) is 10.8. The maximum Gasteiger partial charge on any atom is 0.341 e. The maximum absolute atomic E-state index is 5.92. The molecule has 0 aromatic carbocycles. The van der Waals surface area contributed by atoms with Crippen molar-refractivity contribution in [3.05, 3.63) is 0 Å². The molecule has 0 spiro atoms. The Kier molecular flexibility index (Phi) is 33.2. The lowest BCUT2D eigenvalue weighted by Gasteiger charge is -2.07. The minimum absolute atomic E-state index is 0.829. The maximum atomic E-state index is 5.92. The third-order valence-electron chi connectivity index (χ3n) is 7.87. The molecule has 0 atom stereocenters. The fourth-order valence-corrected chi connectivity index (χ4v) is 7.46. The third kappa shape index (κ3) is 37.4. The van der Waals surface area contributed by atoms with E-state index in [9.17, 15) is 0 Å². The predicted molar refractivity (Wildman–Crippen MR) is 180 cm³/mol. The van der Waals surface area contributed by atoms with Gasteiger partial charge in [-0.2, -0.15) is 12.6 Å². The van der Waals surface area contributed by atoms with Crippen LogP contribution in [0, 0.1) is 0 Å². The van der Waals surface area contributed by atoms with Gasteiger partial charge < -0.3 is 0 Å². The van der Waals surface area contributed by atoms with Gasteiger partial charge in [0.05, 0.1) is 0 Å². The monoisotopic (exact) mass is 614 g/mol. The molecule has 0 aliphatic rings. The minimum Gasteiger partial charge on any atom is -0.179 e. The number of hydrogen-bond acceptors (Lipinski definition) is 1. The molecule has 0 nitrogen and oxygen atoms in total. The summed E-state index contributed by atoms with van der Waals surface area (Å²) in [5.41, 5.74) is 0. The molecule has 5 heteroatoms. The minimum atomic E-state index is -2.37. The van der Waals surface area contributed by atoms with Crippen molar-refractivity contribution in [3.63, 3.8) is 0 Å². The van der Waals surface area contributed by atoms with E-state index < -0.39 is 6.00 Å². The highest BCUT2D eigenvalue weighted by atomic mass is 35.8. The summed E-state index contributed by atoms with van der Waals surface area (Å²) in [5.74, 6) is 1.06. The Morgan fingerprint density at radius 1 is 0.270 bits per heavy atom. The molecule has 0 aromatic rings. The van der Waals surface area contributed by atoms with E-state index >= 15 is 0 Å². The molecule has 0 fully saturated rings. The van der Waals surface area contributed by atoms with E-state index in [-0.39, 0.29) is 0 Å². The molecule has 0 N–H and O–H groups in total. The smallest absolute Gasteiger partial charge is 0.179 e. The highest BCUT2D eigenvalue weighted by Gasteiger charge is 2.23. The standard InChI is InChI=1S/C32H65Cl3SSi/c33-37(34,35)32-30-28-26-24-22-20-18-16-14-12-10-8-6-4-2-1-3-5-7-9-11-13-15-17-19-21-23-25-27-29-31-36/h36H,1-32H2. The van der Waals surface area contributed by atoms with E-state index in [1.54, 1.807) is 0 Å². The molecule has 0 radical (unpaired) electrons. The van der Waals surface area contributed by atoms with Gasteiger partial charge in [0.25, 0.3) is 0 Å². The summed E-state index contributed by atoms with van der Waals surface area (Å²) in [4.78, 5) is 0. The zero-order valence-electron chi connectivity index (χ0n) is 24.7. The fraction of sp³-hybridized carbons (Fsp3) is 1.00. The molecule has 0 aromatic heterocycles. The first-order chi connectivity index (χ1) is 18.1. The molecule has 0 aliphatic heterocycles. The summed E-state index contributed by atoms with van der Waals surface area (Å²) < 4.78 is 0. The van der Waals surface area contributed by atoms with E-state index in [2.05, 4.69) is 12.6 Å². The summed E-state index contributed by atoms with van der Waals surface area (Å²) in [6, 6.07) is -1.54. The second kappa shape index (κ2) is 32.0. The Hall–Kier alpha value is 1.44. The lowest BCUT2D eigenvalue weighted by atomic mass is 10.0. The first-order valence-electron chi connectivity index (χ1n) is 16.7. The molecular weight excluding hydrogens is 551 g/mol. The number of halogens is 3. The van der Waals surface area contributed by atoms with Gasteiger partial charge in [0.15, 0.2) is 0 Å². The lowest BCUT2D eigenvalue weighted by Crippen LogP contribution is -2.07. The summed E-state index contributed by atoms with van der Waals surface area (Å²) in [6.07, 6.45) is 42.7. The van der Waals surface area contributed by atoms with Crippen molar-refractivity contribution in [2.45, 2.75) is 199 Å². The van der Waals surface area contributed by atoms with Gasteiger partial charge in [-0.1, -0.05) is 186 Å². The highest BCUT2D eigenvalue weighted by molar-refractivity contribution is 7.80. The topological polar surface area (TPSA) is 0 Å². The number of hydrogen-bond donors (Lipinski definition) is 1. The van der Waals surface area contributed by atoms with Crippen LogP contribution in [0.5, 0.6) is 0 Å². The average molecular weight is 616 g/mol. The molecular formula is C32H65Cl3SSi. The Morgan fingerprint density at radius 2 is 0.432 bits per heavy atom. The molecule has 0 bridgehead atoms. The van der Waals surface area contributed by atoms with Crippen molar-refractivity contribution in [2.75, 3.05) is 5.75 Å². The van der Waals surface area contributed by atoms with Crippen LogP contribution >= 0.6 is 45.9 Å². The van der Waals surface area contributed by atoms with Crippen LogP contribution in [0.1, 0.15) is 193 Å². The van der Waals surface area contributed by atoms with Gasteiger partial charge in [-0.15, -0.1) is 33.2 Å². The van der Waals surface area contributed by atoms with Crippen LogP contribution in [0.25, 0.3) is 0 Å². The molecule has 0 amide bonds. The molecule has 0 unspecified atom stereocenters. The Labute approximate surface area is 255 Å². The normalized spacial score (nSPS) is 12.0. The van der Waals surface area contributed by atoms with Gasteiger partial charge in [-0.3, -0.25) is 0 Å². The predicted octanol–water partition coefficient (Wildman–Crippen LogP) is 14.3. The van der Waals surface area contributed by atoms with Crippen LogP contribution in [-0.4, -0.2) is 11.8 Å². The summed E-state index contributed by atoms with van der Waals surface area (Å²) >= 11 is 22.0. The zero-order chi connectivity index (χ0) is 27.1. The van der Waals surface area contributed by atoms with E-state index in [0.29, 0.717) is 0 Å². The van der Waals surface area contributed by atoms with Crippen LogP contribution in [0.2, 0.25) is 6.04 Å². The van der Waals surface area contributed by atoms with Crippen LogP contribution in [0.4, 0.5) is 0 Å². The van der Waals surface area contributed by atoms with Crippen molar-refractivity contribution < 1.29 is 0 Å². The average Bonchev–Trinajstić information content (AvgIpc) is 2.86. The van der Waals surface area contributed by atoms with E-state index in [1.165, 1.54) is 186 Å². The van der Waals surface area contributed by atoms with Gasteiger partial charge in [-0.25, -0.2) is 0 Å². The van der Waals surface area contributed by atoms with Crippen molar-refractivity contribution >= 4 is 51.9 Å². The molecule has 0 rings (SSSR count). The second-order valence-corrected chi connectivity index (χ2v) is 21.4. The number of thiol groups is 1. The lowest BCUT2D eigenvalue weighted by molar-refractivity contribution is 0.513. The van der Waals surface area contributed by atoms with Crippen LogP contribution in [0.15, 0.2) is 0 Å². The summed E-state index contributed by atoms with van der Waals surface area (Å²) in [7, 11) is 0. The molecule has 0 heterocycles. The van der Waals surface area contributed by atoms with Crippen LogP contribution in [0.3, 0.4) is 0 Å². The number of rotatable bonds is 32.